The predicted molar refractivity (Wildman–Crippen MR) is 150 cm³/mol. The van der Waals surface area contributed by atoms with Gasteiger partial charge in [-0.1, -0.05) is 118 Å². The zero-order valence-electron chi connectivity index (χ0n) is 17.1. The highest BCUT2D eigenvalue weighted by Gasteiger charge is 2.35. The van der Waals surface area contributed by atoms with Gasteiger partial charge in [-0.3, -0.25) is 0 Å². The molecule has 0 amide bonds. The molecule has 0 nitrogen and oxygen atoms in total. The van der Waals surface area contributed by atoms with Crippen molar-refractivity contribution in [1.29, 1.82) is 0 Å². The van der Waals surface area contributed by atoms with Crippen molar-refractivity contribution < 1.29 is 4.39 Å². The summed E-state index contributed by atoms with van der Waals surface area (Å²) in [6, 6.07) is 14.6. The first-order valence-corrected chi connectivity index (χ1v) is 13.5. The maximum Gasteiger partial charge on any atom is 0.213 e. The average Bonchev–Trinajstić information content (AvgIpc) is 2.76. The van der Waals surface area contributed by atoms with Gasteiger partial charge >= 0.3 is 0 Å². The molecule has 0 aliphatic rings. The van der Waals surface area contributed by atoms with Crippen LogP contribution in [0.1, 0.15) is 18.1 Å². The van der Waals surface area contributed by atoms with Crippen LogP contribution in [-0.4, -0.2) is 27.9 Å². The minimum absolute atomic E-state index is 0.103. The van der Waals surface area contributed by atoms with Gasteiger partial charge in [-0.2, -0.15) is 0 Å². The van der Waals surface area contributed by atoms with Gasteiger partial charge in [0.2, 0.25) is 6.71 Å². The Labute approximate surface area is 239 Å². The van der Waals surface area contributed by atoms with E-state index in [1.165, 1.54) is 6.92 Å². The summed E-state index contributed by atoms with van der Waals surface area (Å²) in [5, 5.41) is -0.717. The Balaban J connectivity index is 2.40. The molecular formula is C22H19BCl9F. The number of hydrogen-bond acceptors (Lipinski definition) is 0. The van der Waals surface area contributed by atoms with Crippen molar-refractivity contribution in [2.75, 3.05) is 0 Å². The largest absolute Gasteiger partial charge is 0.246 e. The van der Waals surface area contributed by atoms with Crippen molar-refractivity contribution in [2.45, 2.75) is 43.1 Å². The fourth-order valence-corrected chi connectivity index (χ4v) is 4.20. The van der Waals surface area contributed by atoms with Crippen molar-refractivity contribution in [3.8, 4) is 0 Å². The highest BCUT2D eigenvalue weighted by molar-refractivity contribution is 6.85. The molecule has 0 saturated carbocycles. The lowest BCUT2D eigenvalue weighted by Crippen LogP contribution is -2.42. The van der Waals surface area contributed by atoms with Crippen molar-refractivity contribution in [3.05, 3.63) is 71.8 Å². The highest BCUT2D eigenvalue weighted by atomic mass is 35.5. The van der Waals surface area contributed by atoms with Crippen LogP contribution in [0.2, 0.25) is 6.32 Å². The minimum Gasteiger partial charge on any atom is -0.246 e. The van der Waals surface area contributed by atoms with Gasteiger partial charge in [0.15, 0.2) is 8.67 Å². The van der Waals surface area contributed by atoms with E-state index in [2.05, 4.69) is 0 Å². The molecule has 0 aromatic heterocycles. The van der Waals surface area contributed by atoms with Crippen molar-refractivity contribution in [2.24, 2.45) is 0 Å². The van der Waals surface area contributed by atoms with Crippen molar-refractivity contribution in [3.63, 3.8) is 0 Å². The molecule has 0 spiro atoms. The lowest BCUT2D eigenvalue weighted by atomic mass is 9.38. The van der Waals surface area contributed by atoms with Crippen LogP contribution in [0.4, 0.5) is 4.39 Å². The van der Waals surface area contributed by atoms with Gasteiger partial charge in [-0.15, -0.1) is 58.0 Å². The summed E-state index contributed by atoms with van der Waals surface area (Å²) in [6.45, 7) is 1.31. The van der Waals surface area contributed by atoms with E-state index >= 15 is 0 Å². The van der Waals surface area contributed by atoms with E-state index in [-0.39, 0.29) is 6.71 Å². The topological polar surface area (TPSA) is 0 Å². The quantitative estimate of drug-likeness (QED) is 0.140. The predicted octanol–water partition coefficient (Wildman–Crippen LogP) is 8.69. The van der Waals surface area contributed by atoms with E-state index in [1.54, 1.807) is 30.3 Å². The maximum atomic E-state index is 13.4. The lowest BCUT2D eigenvalue weighted by Gasteiger charge is -2.23. The number of benzene rings is 2. The number of halogens is 10. The summed E-state index contributed by atoms with van der Waals surface area (Å²) in [4.78, 5) is -2.03. The average molecular weight is 632 g/mol. The van der Waals surface area contributed by atoms with Crippen LogP contribution >= 0.6 is 104 Å². The molecule has 180 valence electrons. The fraction of sp³-hybridized carbons (Fsp3) is 0.364. The summed E-state index contributed by atoms with van der Waals surface area (Å²) >= 11 is 54.7. The SMILES string of the molecule is CC(F)C(Cl)C=CCB(c1ccc(C(Cl)(Cl)C(Cl)Cl)cc1)c1ccc(C(Cl)(Cl)C(Cl)Cl)cc1. The molecule has 11 heteroatoms. The maximum absolute atomic E-state index is 13.4. The van der Waals surface area contributed by atoms with E-state index in [9.17, 15) is 4.39 Å². The molecule has 0 fully saturated rings. The van der Waals surface area contributed by atoms with Crippen molar-refractivity contribution in [1.82, 2.24) is 0 Å². The molecule has 0 bridgehead atoms. The Kier molecular flexibility index (Phi) is 11.7. The second-order valence-electron chi connectivity index (χ2n) is 7.43. The molecule has 2 aromatic rings. The zero-order chi connectivity index (χ0) is 25.0. The van der Waals surface area contributed by atoms with Crippen LogP contribution in [0.15, 0.2) is 60.7 Å². The van der Waals surface area contributed by atoms with Gasteiger partial charge in [0.25, 0.3) is 0 Å². The summed E-state index contributed by atoms with van der Waals surface area (Å²) in [7, 11) is 0. The summed E-state index contributed by atoms with van der Waals surface area (Å²) < 4.78 is 10.5. The third-order valence-electron chi connectivity index (χ3n) is 5.07. The number of hydrogen-bond donors (Lipinski definition) is 0. The lowest BCUT2D eigenvalue weighted by molar-refractivity contribution is 0.369. The van der Waals surface area contributed by atoms with Crippen LogP contribution in [0.5, 0.6) is 0 Å². The Morgan fingerprint density at radius 1 is 0.758 bits per heavy atom. The molecule has 0 saturated heterocycles. The Hall–Kier alpha value is 0.785. The standard InChI is InChI=1S/C22H19BCl9F/c1-13(33)18(24)3-2-12-23(16-8-4-14(5-9-16)21(29,30)19(25)26)17-10-6-15(7-11-17)22(31,32)20(27)28/h2-11,13,18-20H,12H2,1H3. The third-order valence-corrected chi connectivity index (χ3v) is 9.52. The number of rotatable bonds is 10. The molecule has 0 radical (unpaired) electrons. The van der Waals surface area contributed by atoms with Gasteiger partial charge in [0.1, 0.15) is 15.8 Å². The van der Waals surface area contributed by atoms with E-state index in [1.807, 2.05) is 30.3 Å². The van der Waals surface area contributed by atoms with Gasteiger partial charge in [-0.25, -0.2) is 4.39 Å². The summed E-state index contributed by atoms with van der Waals surface area (Å²) in [6.07, 6.45) is 2.88. The smallest absolute Gasteiger partial charge is 0.213 e. The summed E-state index contributed by atoms with van der Waals surface area (Å²) in [5.74, 6) is 0. The second-order valence-corrected chi connectivity index (χ2v) is 12.9. The minimum atomic E-state index is -1.45. The van der Waals surface area contributed by atoms with Gasteiger partial charge in [0, 0.05) is 0 Å². The highest BCUT2D eigenvalue weighted by Crippen LogP contribution is 2.42. The number of alkyl halides is 10. The molecule has 2 unspecified atom stereocenters. The molecule has 0 heterocycles. The summed E-state index contributed by atoms with van der Waals surface area (Å²) in [5.41, 5.74) is 3.03. The van der Waals surface area contributed by atoms with Crippen LogP contribution < -0.4 is 10.9 Å². The normalized spacial score (nSPS) is 14.8. The van der Waals surface area contributed by atoms with Crippen LogP contribution in [0.3, 0.4) is 0 Å². The first kappa shape index (κ1) is 30.0. The Morgan fingerprint density at radius 3 is 1.42 bits per heavy atom. The molecule has 0 aliphatic heterocycles. The van der Waals surface area contributed by atoms with Crippen LogP contribution in [0.25, 0.3) is 0 Å². The van der Waals surface area contributed by atoms with Crippen molar-refractivity contribution >= 4 is 122 Å². The number of allylic oxidation sites excluding steroid dienone is 2. The van der Waals surface area contributed by atoms with Crippen LogP contribution in [-0.2, 0) is 8.67 Å². The first-order chi connectivity index (χ1) is 15.3. The fourth-order valence-electron chi connectivity index (χ4n) is 3.09. The molecule has 2 atom stereocenters. The molecule has 0 aliphatic carbocycles. The third kappa shape index (κ3) is 7.88. The molecule has 2 aromatic carbocycles. The molecular weight excluding hydrogens is 613 g/mol. The van der Waals surface area contributed by atoms with E-state index < -0.39 is 29.9 Å². The van der Waals surface area contributed by atoms with Gasteiger partial charge < -0.3 is 0 Å². The van der Waals surface area contributed by atoms with Gasteiger partial charge in [-0.05, 0) is 24.4 Å². The molecule has 0 N–H and O–H groups in total. The first-order valence-electron chi connectivity index (χ1n) is 9.76. The molecule has 33 heavy (non-hydrogen) atoms. The van der Waals surface area contributed by atoms with E-state index in [0.717, 1.165) is 10.9 Å². The Morgan fingerprint density at radius 2 is 1.12 bits per heavy atom. The van der Waals surface area contributed by atoms with E-state index in [4.69, 9.17) is 104 Å². The molecule has 2 rings (SSSR count). The van der Waals surface area contributed by atoms with E-state index in [0.29, 0.717) is 17.4 Å². The van der Waals surface area contributed by atoms with Gasteiger partial charge in [0.05, 0.1) is 5.38 Å². The monoisotopic (exact) mass is 628 g/mol. The second kappa shape index (κ2) is 12.8. The van der Waals surface area contributed by atoms with Crippen LogP contribution in [0, 0.1) is 0 Å². The zero-order valence-corrected chi connectivity index (χ0v) is 24.0. The Bertz CT molecular complexity index is 849.